The first-order valence-corrected chi connectivity index (χ1v) is 6.50. The van der Waals surface area contributed by atoms with Gasteiger partial charge in [0.15, 0.2) is 5.78 Å². The van der Waals surface area contributed by atoms with Crippen molar-refractivity contribution >= 4 is 5.78 Å². The van der Waals surface area contributed by atoms with Crippen molar-refractivity contribution in [2.75, 3.05) is 0 Å². The smallest absolute Gasteiger partial charge is 0.159 e. The number of carbonyl (C=O) groups is 1. The fourth-order valence-electron chi connectivity index (χ4n) is 3.38. The quantitative estimate of drug-likeness (QED) is 0.708. The molecule has 2 heteroatoms. The molecule has 0 spiro atoms. The van der Waals surface area contributed by atoms with E-state index in [9.17, 15) is 9.90 Å². The van der Waals surface area contributed by atoms with Crippen LogP contribution in [-0.2, 0) is 4.79 Å². The van der Waals surface area contributed by atoms with Gasteiger partial charge in [-0.15, -0.1) is 0 Å². The lowest BCUT2D eigenvalue weighted by atomic mass is 9.84. The van der Waals surface area contributed by atoms with Crippen LogP contribution in [0.4, 0.5) is 0 Å². The summed E-state index contributed by atoms with van der Waals surface area (Å²) in [5.41, 5.74) is 2.85. The molecular weight excluding hydrogens is 212 g/mol. The van der Waals surface area contributed by atoms with Crippen molar-refractivity contribution in [1.29, 1.82) is 0 Å². The Kier molecular flexibility index (Phi) is 3.26. The van der Waals surface area contributed by atoms with Gasteiger partial charge in [-0.2, -0.15) is 0 Å². The third kappa shape index (κ3) is 1.99. The molecule has 17 heavy (non-hydrogen) atoms. The predicted molar refractivity (Wildman–Crippen MR) is 68.5 cm³/mol. The normalized spacial score (nSPS) is 38.0. The standard InChI is InChI=1S/C15H22O2/c1-8(2)11-6-5-9(3)12-7-13(16)10(4)14(12)15(11)17/h9,11-12,15,17H,1,5-7H2,2-4H3/t9-,11-,12-,15-/m0/s1. The first kappa shape index (κ1) is 12.6. The van der Waals surface area contributed by atoms with E-state index in [0.717, 1.165) is 29.6 Å². The minimum atomic E-state index is -0.492. The molecule has 1 saturated carbocycles. The maximum atomic E-state index is 11.8. The molecule has 2 aliphatic carbocycles. The summed E-state index contributed by atoms with van der Waals surface area (Å²) in [7, 11) is 0. The van der Waals surface area contributed by atoms with Gasteiger partial charge in [-0.25, -0.2) is 0 Å². The third-order valence-corrected chi connectivity index (χ3v) is 4.61. The summed E-state index contributed by atoms with van der Waals surface area (Å²) >= 11 is 0. The number of allylic oxidation sites excluding steroid dienone is 1. The zero-order valence-electron chi connectivity index (χ0n) is 11.0. The van der Waals surface area contributed by atoms with Crippen molar-refractivity contribution in [1.82, 2.24) is 0 Å². The lowest BCUT2D eigenvalue weighted by Gasteiger charge is -2.24. The van der Waals surface area contributed by atoms with Crippen LogP contribution in [0.3, 0.4) is 0 Å². The van der Waals surface area contributed by atoms with Crippen LogP contribution in [0.1, 0.15) is 40.0 Å². The van der Waals surface area contributed by atoms with E-state index in [1.165, 1.54) is 0 Å². The van der Waals surface area contributed by atoms with Crippen molar-refractivity contribution in [3.63, 3.8) is 0 Å². The zero-order valence-corrected chi connectivity index (χ0v) is 11.0. The Labute approximate surface area is 103 Å². The molecule has 0 bridgehead atoms. The van der Waals surface area contributed by atoms with Gasteiger partial charge in [0.1, 0.15) is 0 Å². The molecule has 0 amide bonds. The second kappa shape index (κ2) is 4.41. The summed E-state index contributed by atoms with van der Waals surface area (Å²) in [6.07, 6.45) is 2.17. The van der Waals surface area contributed by atoms with Crippen LogP contribution in [0.15, 0.2) is 23.3 Å². The maximum Gasteiger partial charge on any atom is 0.159 e. The highest BCUT2D eigenvalue weighted by Gasteiger charge is 2.41. The van der Waals surface area contributed by atoms with Crippen LogP contribution in [0, 0.1) is 17.8 Å². The lowest BCUT2D eigenvalue weighted by Crippen LogP contribution is -2.24. The number of hydrogen-bond acceptors (Lipinski definition) is 2. The molecule has 1 N–H and O–H groups in total. The molecule has 2 aliphatic rings. The van der Waals surface area contributed by atoms with Crippen LogP contribution < -0.4 is 0 Å². The highest BCUT2D eigenvalue weighted by Crippen LogP contribution is 2.45. The third-order valence-electron chi connectivity index (χ3n) is 4.61. The molecule has 2 rings (SSSR count). The molecule has 0 saturated heterocycles. The highest BCUT2D eigenvalue weighted by atomic mass is 16.3. The Balaban J connectivity index is 2.42. The molecule has 0 unspecified atom stereocenters. The van der Waals surface area contributed by atoms with Gasteiger partial charge in [0.25, 0.3) is 0 Å². The summed E-state index contributed by atoms with van der Waals surface area (Å²) in [6, 6.07) is 0. The van der Waals surface area contributed by atoms with Gasteiger partial charge < -0.3 is 5.11 Å². The van der Waals surface area contributed by atoms with Crippen molar-refractivity contribution in [2.24, 2.45) is 17.8 Å². The van der Waals surface area contributed by atoms with Gasteiger partial charge in [0, 0.05) is 12.3 Å². The van der Waals surface area contributed by atoms with E-state index in [-0.39, 0.29) is 17.6 Å². The van der Waals surface area contributed by atoms with Crippen LogP contribution in [0.5, 0.6) is 0 Å². The number of aliphatic hydroxyl groups is 1. The number of fused-ring (bicyclic) bond motifs is 1. The van der Waals surface area contributed by atoms with E-state index in [2.05, 4.69) is 13.5 Å². The Bertz CT molecular complexity index is 392. The Morgan fingerprint density at radius 1 is 1.41 bits per heavy atom. The fraction of sp³-hybridized carbons (Fsp3) is 0.667. The first-order chi connectivity index (χ1) is 7.93. The molecule has 0 radical (unpaired) electrons. The number of hydrogen-bond donors (Lipinski definition) is 1. The van der Waals surface area contributed by atoms with Crippen LogP contribution in [0.2, 0.25) is 0 Å². The maximum absolute atomic E-state index is 11.8. The molecule has 0 aromatic heterocycles. The highest BCUT2D eigenvalue weighted by molar-refractivity contribution is 5.98. The summed E-state index contributed by atoms with van der Waals surface area (Å²) in [5.74, 6) is 1.10. The van der Waals surface area contributed by atoms with Gasteiger partial charge in [-0.1, -0.05) is 19.1 Å². The minimum absolute atomic E-state index is 0.123. The van der Waals surface area contributed by atoms with Gasteiger partial charge in [0.2, 0.25) is 0 Å². The minimum Gasteiger partial charge on any atom is -0.388 e. The van der Waals surface area contributed by atoms with Crippen molar-refractivity contribution < 1.29 is 9.90 Å². The Morgan fingerprint density at radius 3 is 2.65 bits per heavy atom. The molecule has 4 atom stereocenters. The topological polar surface area (TPSA) is 37.3 Å². The summed E-state index contributed by atoms with van der Waals surface area (Å²) < 4.78 is 0. The number of Topliss-reactive ketones (excluding diaryl/α,β-unsaturated/α-hetero) is 1. The first-order valence-electron chi connectivity index (χ1n) is 6.50. The van der Waals surface area contributed by atoms with Gasteiger partial charge in [-0.3, -0.25) is 4.79 Å². The van der Waals surface area contributed by atoms with E-state index in [4.69, 9.17) is 0 Å². The van der Waals surface area contributed by atoms with Crippen molar-refractivity contribution in [3.05, 3.63) is 23.3 Å². The Hall–Kier alpha value is -0.890. The van der Waals surface area contributed by atoms with Crippen molar-refractivity contribution in [3.8, 4) is 0 Å². The number of ketones is 1. The monoisotopic (exact) mass is 234 g/mol. The van der Waals surface area contributed by atoms with Crippen LogP contribution in [-0.4, -0.2) is 17.0 Å². The van der Waals surface area contributed by atoms with E-state index in [0.29, 0.717) is 12.3 Å². The molecule has 0 aromatic rings. The average Bonchev–Trinajstić information content (AvgIpc) is 2.48. The predicted octanol–water partition coefficient (Wildman–Crippen LogP) is 2.88. The molecule has 0 aromatic carbocycles. The molecule has 0 heterocycles. The van der Waals surface area contributed by atoms with Crippen LogP contribution >= 0.6 is 0 Å². The second-order valence-corrected chi connectivity index (χ2v) is 5.77. The number of carbonyl (C=O) groups excluding carboxylic acids is 1. The van der Waals surface area contributed by atoms with E-state index in [1.807, 2.05) is 13.8 Å². The van der Waals surface area contributed by atoms with Crippen LogP contribution in [0.25, 0.3) is 0 Å². The average molecular weight is 234 g/mol. The number of aliphatic hydroxyl groups excluding tert-OH is 1. The van der Waals surface area contributed by atoms with Gasteiger partial charge >= 0.3 is 0 Å². The molecule has 0 aliphatic heterocycles. The summed E-state index contributed by atoms with van der Waals surface area (Å²) in [4.78, 5) is 11.8. The summed E-state index contributed by atoms with van der Waals surface area (Å²) in [6.45, 7) is 10.0. The van der Waals surface area contributed by atoms with E-state index in [1.54, 1.807) is 0 Å². The van der Waals surface area contributed by atoms with E-state index < -0.39 is 6.10 Å². The molecule has 94 valence electrons. The zero-order chi connectivity index (χ0) is 12.7. The molecule has 2 nitrogen and oxygen atoms in total. The van der Waals surface area contributed by atoms with Gasteiger partial charge in [0.05, 0.1) is 6.10 Å². The van der Waals surface area contributed by atoms with Gasteiger partial charge in [-0.05, 0) is 49.7 Å². The number of rotatable bonds is 1. The molecule has 1 fully saturated rings. The fourth-order valence-corrected chi connectivity index (χ4v) is 3.38. The second-order valence-electron chi connectivity index (χ2n) is 5.77. The van der Waals surface area contributed by atoms with Crippen molar-refractivity contribution in [2.45, 2.75) is 46.1 Å². The Morgan fingerprint density at radius 2 is 2.06 bits per heavy atom. The molecular formula is C15H22O2. The summed E-state index contributed by atoms with van der Waals surface area (Å²) in [5, 5.41) is 10.5. The largest absolute Gasteiger partial charge is 0.388 e. The lowest BCUT2D eigenvalue weighted by molar-refractivity contribution is -0.115. The SMILES string of the molecule is C=C(C)[C@@H]1CC[C@H](C)[C@@H]2CC(=O)C(C)=C2[C@H]1O. The van der Waals surface area contributed by atoms with E-state index >= 15 is 0 Å².